The highest BCUT2D eigenvalue weighted by Gasteiger charge is 2.06. The molecule has 0 aliphatic rings. The molecule has 0 unspecified atom stereocenters. The summed E-state index contributed by atoms with van der Waals surface area (Å²) in [6.07, 6.45) is 0. The summed E-state index contributed by atoms with van der Waals surface area (Å²) in [5.74, 6) is 0.735. The maximum atomic E-state index is 8.77. The molecule has 0 aliphatic heterocycles. The van der Waals surface area contributed by atoms with Gasteiger partial charge in [0, 0.05) is 0 Å². The molecule has 0 atom stereocenters. The van der Waals surface area contributed by atoms with Crippen LogP contribution >= 0.6 is 11.8 Å². The van der Waals surface area contributed by atoms with E-state index in [2.05, 4.69) is 20.2 Å². The Bertz CT molecular complexity index is 555. The van der Waals surface area contributed by atoms with E-state index < -0.39 is 0 Å². The van der Waals surface area contributed by atoms with E-state index >= 15 is 0 Å². The monoisotopic (exact) mass is 232 g/mol. The zero-order valence-electron chi connectivity index (χ0n) is 8.43. The van der Waals surface area contributed by atoms with Gasteiger partial charge in [-0.05, 0) is 30.8 Å². The summed E-state index contributed by atoms with van der Waals surface area (Å²) in [4.78, 5) is 8.20. The van der Waals surface area contributed by atoms with Crippen molar-refractivity contribution < 1.29 is 0 Å². The summed E-state index contributed by atoms with van der Waals surface area (Å²) < 4.78 is 0. The number of hydrogen-bond acceptors (Lipinski definition) is 6. The molecule has 16 heavy (non-hydrogen) atoms. The van der Waals surface area contributed by atoms with E-state index in [0.717, 1.165) is 5.82 Å². The van der Waals surface area contributed by atoms with Crippen LogP contribution in [-0.4, -0.2) is 20.2 Å². The van der Waals surface area contributed by atoms with Crippen molar-refractivity contribution in [3.8, 4) is 6.07 Å². The second-order valence-corrected chi connectivity index (χ2v) is 3.99. The zero-order valence-corrected chi connectivity index (χ0v) is 9.25. The van der Waals surface area contributed by atoms with Crippen molar-refractivity contribution in [1.29, 1.82) is 5.26 Å². The highest BCUT2D eigenvalue weighted by atomic mass is 32.2. The van der Waals surface area contributed by atoms with Crippen molar-refractivity contribution in [3.05, 3.63) is 23.7 Å². The molecule has 0 radical (unpaired) electrons. The number of aromatic nitrogens is 4. The first-order valence-corrected chi connectivity index (χ1v) is 5.24. The van der Waals surface area contributed by atoms with Gasteiger partial charge in [0.1, 0.15) is 16.9 Å². The minimum absolute atomic E-state index is 0.220. The van der Waals surface area contributed by atoms with Crippen molar-refractivity contribution in [2.75, 3.05) is 5.73 Å². The number of nitrogens with one attached hydrogen (secondary N) is 1. The van der Waals surface area contributed by atoms with Crippen molar-refractivity contribution in [3.63, 3.8) is 0 Å². The van der Waals surface area contributed by atoms with Crippen LogP contribution in [0.2, 0.25) is 0 Å². The lowest BCUT2D eigenvalue weighted by Crippen LogP contribution is -1.94. The van der Waals surface area contributed by atoms with Gasteiger partial charge in [-0.15, -0.1) is 5.10 Å². The molecule has 0 aliphatic carbocycles. The average molecular weight is 232 g/mol. The van der Waals surface area contributed by atoms with Gasteiger partial charge in [0.05, 0.1) is 5.69 Å². The second-order valence-electron chi connectivity index (χ2n) is 3.00. The van der Waals surface area contributed by atoms with Crippen molar-refractivity contribution in [2.24, 2.45) is 0 Å². The smallest absolute Gasteiger partial charge is 0.214 e. The van der Waals surface area contributed by atoms with E-state index in [4.69, 9.17) is 11.0 Å². The quantitative estimate of drug-likeness (QED) is 0.803. The average Bonchev–Trinajstić information content (AvgIpc) is 2.67. The lowest BCUT2D eigenvalue weighted by Gasteiger charge is -1.99. The van der Waals surface area contributed by atoms with Crippen LogP contribution in [0.15, 0.2) is 22.3 Å². The predicted molar refractivity (Wildman–Crippen MR) is 58.6 cm³/mol. The molecule has 2 aromatic heterocycles. The standard InChI is InChI=1S/C9H8N6S/c1-5-12-9(15-14-5)16-8-3-2-6(11)7(4-10)13-8/h2-3H,11H2,1H3,(H,12,14,15). The number of aryl methyl sites for hydroxylation is 1. The molecule has 0 fully saturated rings. The van der Waals surface area contributed by atoms with Crippen LogP contribution in [0.1, 0.15) is 11.5 Å². The van der Waals surface area contributed by atoms with Crippen LogP contribution in [0.3, 0.4) is 0 Å². The van der Waals surface area contributed by atoms with Gasteiger partial charge in [0.15, 0.2) is 5.69 Å². The number of anilines is 1. The van der Waals surface area contributed by atoms with Gasteiger partial charge in [-0.25, -0.2) is 9.97 Å². The molecular formula is C9H8N6S. The first-order valence-electron chi connectivity index (χ1n) is 4.42. The van der Waals surface area contributed by atoms with Crippen LogP contribution in [0, 0.1) is 18.3 Å². The van der Waals surface area contributed by atoms with Gasteiger partial charge in [0.25, 0.3) is 0 Å². The summed E-state index contributed by atoms with van der Waals surface area (Å²) in [6, 6.07) is 5.30. The van der Waals surface area contributed by atoms with Crippen molar-refractivity contribution in [1.82, 2.24) is 20.2 Å². The van der Waals surface area contributed by atoms with Gasteiger partial charge in [-0.1, -0.05) is 0 Å². The molecule has 0 saturated carbocycles. The maximum absolute atomic E-state index is 8.77. The van der Waals surface area contributed by atoms with Crippen molar-refractivity contribution >= 4 is 17.4 Å². The lowest BCUT2D eigenvalue weighted by molar-refractivity contribution is 0.963. The Balaban J connectivity index is 2.26. The molecule has 2 aromatic rings. The molecule has 6 nitrogen and oxygen atoms in total. The Morgan fingerprint density at radius 3 is 2.88 bits per heavy atom. The van der Waals surface area contributed by atoms with E-state index in [-0.39, 0.29) is 5.69 Å². The summed E-state index contributed by atoms with van der Waals surface area (Å²) in [6.45, 7) is 1.81. The van der Waals surface area contributed by atoms with E-state index in [0.29, 0.717) is 15.9 Å². The molecule has 0 aromatic carbocycles. The number of H-pyrrole nitrogens is 1. The van der Waals surface area contributed by atoms with Gasteiger partial charge in [-0.3, -0.25) is 5.10 Å². The number of rotatable bonds is 2. The van der Waals surface area contributed by atoms with Crippen LogP contribution in [-0.2, 0) is 0 Å². The summed E-state index contributed by atoms with van der Waals surface area (Å²) >= 11 is 1.28. The number of nitrogens with two attached hydrogens (primary N) is 1. The highest BCUT2D eigenvalue weighted by Crippen LogP contribution is 2.23. The van der Waals surface area contributed by atoms with Crippen LogP contribution in [0.4, 0.5) is 5.69 Å². The number of nitrogen functional groups attached to an aromatic ring is 1. The molecule has 0 amide bonds. The minimum atomic E-state index is 0.220. The molecule has 0 saturated heterocycles. The van der Waals surface area contributed by atoms with E-state index in [1.54, 1.807) is 12.1 Å². The van der Waals surface area contributed by atoms with Crippen LogP contribution < -0.4 is 5.73 Å². The summed E-state index contributed by atoms with van der Waals surface area (Å²) in [7, 11) is 0. The van der Waals surface area contributed by atoms with Gasteiger partial charge in [0.2, 0.25) is 5.16 Å². The third-order valence-electron chi connectivity index (χ3n) is 1.78. The minimum Gasteiger partial charge on any atom is -0.396 e. The van der Waals surface area contributed by atoms with Crippen molar-refractivity contribution in [2.45, 2.75) is 17.1 Å². The number of nitriles is 1. The fourth-order valence-corrected chi connectivity index (χ4v) is 1.79. The number of nitrogens with zero attached hydrogens (tertiary/aromatic N) is 4. The first kappa shape index (κ1) is 10.4. The Labute approximate surface area is 95.9 Å². The molecule has 0 spiro atoms. The third kappa shape index (κ3) is 2.12. The molecular weight excluding hydrogens is 224 g/mol. The molecule has 0 bridgehead atoms. The highest BCUT2D eigenvalue weighted by molar-refractivity contribution is 7.99. The fourth-order valence-electron chi connectivity index (χ4n) is 1.06. The molecule has 7 heteroatoms. The maximum Gasteiger partial charge on any atom is 0.214 e. The SMILES string of the molecule is Cc1nc(Sc2ccc(N)c(C#N)n2)n[nH]1. The van der Waals surface area contributed by atoms with Crippen LogP contribution in [0.5, 0.6) is 0 Å². The number of hydrogen-bond donors (Lipinski definition) is 2. The fraction of sp³-hybridized carbons (Fsp3) is 0.111. The van der Waals surface area contributed by atoms with E-state index in [1.807, 2.05) is 13.0 Å². The molecule has 2 rings (SSSR count). The second kappa shape index (κ2) is 4.20. The van der Waals surface area contributed by atoms with E-state index in [9.17, 15) is 0 Å². The topological polar surface area (TPSA) is 104 Å². The Morgan fingerprint density at radius 1 is 1.44 bits per heavy atom. The van der Waals surface area contributed by atoms with Crippen LogP contribution in [0.25, 0.3) is 0 Å². The van der Waals surface area contributed by atoms with Gasteiger partial charge < -0.3 is 5.73 Å². The Kier molecular flexibility index (Phi) is 2.74. The first-order chi connectivity index (χ1) is 7.69. The Hall–Kier alpha value is -2.07. The largest absolute Gasteiger partial charge is 0.396 e. The predicted octanol–water partition coefficient (Wildman–Crippen LogP) is 1.11. The normalized spacial score (nSPS) is 10.0. The van der Waals surface area contributed by atoms with E-state index in [1.165, 1.54) is 11.8 Å². The summed E-state index contributed by atoms with van der Waals surface area (Å²) in [5.41, 5.74) is 6.16. The number of pyridine rings is 1. The lowest BCUT2D eigenvalue weighted by atomic mass is 10.3. The zero-order chi connectivity index (χ0) is 11.5. The number of aromatic amines is 1. The van der Waals surface area contributed by atoms with Gasteiger partial charge >= 0.3 is 0 Å². The molecule has 80 valence electrons. The molecule has 3 N–H and O–H groups in total. The van der Waals surface area contributed by atoms with Gasteiger partial charge in [-0.2, -0.15) is 5.26 Å². The molecule has 2 heterocycles. The summed E-state index contributed by atoms with van der Waals surface area (Å²) in [5, 5.41) is 16.7. The third-order valence-corrected chi connectivity index (χ3v) is 2.58. The Morgan fingerprint density at radius 2 is 2.25 bits per heavy atom.